The molecule has 0 aromatic heterocycles. The Balaban J connectivity index is 1.88. The van der Waals surface area contributed by atoms with Crippen LogP contribution in [0.4, 0.5) is 0 Å². The van der Waals surface area contributed by atoms with Gasteiger partial charge in [-0.15, -0.1) is 0 Å². The molecule has 154 valence electrons. The number of rotatable bonds is 7. The molecule has 2 aliphatic rings. The summed E-state index contributed by atoms with van der Waals surface area (Å²) < 4.78 is 11.9. The van der Waals surface area contributed by atoms with Crippen molar-refractivity contribution in [2.45, 2.75) is 102 Å². The van der Waals surface area contributed by atoms with Gasteiger partial charge in [0.2, 0.25) is 0 Å². The molecule has 2 fully saturated rings. The highest BCUT2D eigenvalue weighted by atomic mass is 16.6. The Labute approximate surface area is 169 Å². The molecule has 0 heterocycles. The van der Waals surface area contributed by atoms with Crippen molar-refractivity contribution in [2.24, 2.45) is 0 Å². The maximum absolute atomic E-state index is 13.5. The van der Waals surface area contributed by atoms with Gasteiger partial charge in [-0.05, 0) is 63.4 Å². The lowest BCUT2D eigenvalue weighted by Crippen LogP contribution is -2.48. The predicted molar refractivity (Wildman–Crippen MR) is 109 cm³/mol. The van der Waals surface area contributed by atoms with E-state index < -0.39 is 17.4 Å². The molecule has 2 saturated carbocycles. The van der Waals surface area contributed by atoms with Gasteiger partial charge in [-0.1, -0.05) is 56.5 Å². The Kier molecular flexibility index (Phi) is 7.52. The molecule has 0 spiro atoms. The summed E-state index contributed by atoms with van der Waals surface area (Å²) in [6.45, 7) is 2.00. The average Bonchev–Trinajstić information content (AvgIpc) is 2.74. The molecule has 0 amide bonds. The standard InChI is InChI=1S/C24H34O4/c1-2-18-24(19-12-6-3-7-13-19,22(25)27-20-14-8-4-9-15-20)23(26)28-21-16-10-5-11-17-21/h3,6-7,12-13,20-21H,2,4-5,8-11,14-18H2,1H3. The van der Waals surface area contributed by atoms with Crippen LogP contribution in [-0.2, 0) is 24.5 Å². The Hall–Kier alpha value is -1.84. The topological polar surface area (TPSA) is 52.6 Å². The third kappa shape index (κ3) is 4.76. The molecule has 3 rings (SSSR count). The highest BCUT2D eigenvalue weighted by molar-refractivity contribution is 6.06. The third-order valence-electron chi connectivity index (χ3n) is 6.24. The summed E-state index contributed by atoms with van der Waals surface area (Å²) in [7, 11) is 0. The molecule has 4 heteroatoms. The first-order chi connectivity index (χ1) is 13.7. The van der Waals surface area contributed by atoms with Gasteiger partial charge in [0.05, 0.1) is 0 Å². The van der Waals surface area contributed by atoms with Crippen LogP contribution in [0.1, 0.15) is 89.5 Å². The first kappa shape index (κ1) is 20.9. The van der Waals surface area contributed by atoms with Crippen molar-refractivity contribution < 1.29 is 19.1 Å². The van der Waals surface area contributed by atoms with Crippen LogP contribution in [0.5, 0.6) is 0 Å². The Morgan fingerprint density at radius 1 is 0.821 bits per heavy atom. The van der Waals surface area contributed by atoms with Crippen LogP contribution in [-0.4, -0.2) is 24.1 Å². The van der Waals surface area contributed by atoms with Crippen molar-refractivity contribution in [2.75, 3.05) is 0 Å². The molecule has 0 aliphatic heterocycles. The zero-order valence-electron chi connectivity index (χ0n) is 17.2. The second kappa shape index (κ2) is 10.1. The molecular weight excluding hydrogens is 352 g/mol. The van der Waals surface area contributed by atoms with Crippen molar-refractivity contribution in [1.29, 1.82) is 0 Å². The van der Waals surface area contributed by atoms with Crippen LogP contribution in [0.15, 0.2) is 30.3 Å². The second-order valence-electron chi connectivity index (χ2n) is 8.35. The van der Waals surface area contributed by atoms with E-state index in [9.17, 15) is 9.59 Å². The molecule has 0 radical (unpaired) electrons. The number of carbonyl (C=O) groups excluding carboxylic acids is 2. The molecular formula is C24H34O4. The molecule has 0 bridgehead atoms. The second-order valence-corrected chi connectivity index (χ2v) is 8.35. The van der Waals surface area contributed by atoms with Crippen LogP contribution in [0.25, 0.3) is 0 Å². The van der Waals surface area contributed by atoms with Crippen LogP contribution < -0.4 is 0 Å². The third-order valence-corrected chi connectivity index (χ3v) is 6.24. The molecule has 1 aromatic carbocycles. The molecule has 4 nitrogen and oxygen atoms in total. The van der Waals surface area contributed by atoms with Crippen molar-refractivity contribution in [3.8, 4) is 0 Å². The van der Waals surface area contributed by atoms with Gasteiger partial charge in [0.25, 0.3) is 0 Å². The van der Waals surface area contributed by atoms with Gasteiger partial charge in [0.1, 0.15) is 12.2 Å². The van der Waals surface area contributed by atoms with E-state index >= 15 is 0 Å². The lowest BCUT2D eigenvalue weighted by Gasteiger charge is -2.34. The number of esters is 2. The van der Waals surface area contributed by atoms with E-state index in [-0.39, 0.29) is 12.2 Å². The molecule has 28 heavy (non-hydrogen) atoms. The van der Waals surface area contributed by atoms with Gasteiger partial charge in [-0.25, -0.2) is 0 Å². The normalized spacial score (nSPS) is 19.2. The number of benzene rings is 1. The van der Waals surface area contributed by atoms with E-state index in [1.807, 2.05) is 37.3 Å². The lowest BCUT2D eigenvalue weighted by atomic mass is 9.76. The average molecular weight is 387 g/mol. The van der Waals surface area contributed by atoms with Crippen LogP contribution in [0.2, 0.25) is 0 Å². The summed E-state index contributed by atoms with van der Waals surface area (Å²) >= 11 is 0. The highest BCUT2D eigenvalue weighted by Gasteiger charge is 2.51. The summed E-state index contributed by atoms with van der Waals surface area (Å²) in [5, 5.41) is 0. The smallest absolute Gasteiger partial charge is 0.328 e. The summed E-state index contributed by atoms with van der Waals surface area (Å²) in [4.78, 5) is 27.0. The SMILES string of the molecule is CCCC(C(=O)OC1CCCCC1)(C(=O)OC1CCCCC1)c1ccccc1. The zero-order chi connectivity index (χ0) is 19.8. The highest BCUT2D eigenvalue weighted by Crippen LogP contribution is 2.36. The van der Waals surface area contributed by atoms with Gasteiger partial charge in [0.15, 0.2) is 5.41 Å². The Bertz CT molecular complexity index is 595. The van der Waals surface area contributed by atoms with Gasteiger partial charge in [-0.2, -0.15) is 0 Å². The van der Waals surface area contributed by atoms with Gasteiger partial charge in [-0.3, -0.25) is 9.59 Å². The van der Waals surface area contributed by atoms with Gasteiger partial charge < -0.3 is 9.47 Å². The van der Waals surface area contributed by atoms with Crippen molar-refractivity contribution >= 4 is 11.9 Å². The van der Waals surface area contributed by atoms with Crippen LogP contribution in [0.3, 0.4) is 0 Å². The minimum absolute atomic E-state index is 0.0799. The molecule has 1 aromatic rings. The minimum atomic E-state index is -1.36. The Morgan fingerprint density at radius 3 is 1.71 bits per heavy atom. The molecule has 0 saturated heterocycles. The zero-order valence-corrected chi connectivity index (χ0v) is 17.2. The van der Waals surface area contributed by atoms with E-state index in [0.29, 0.717) is 18.4 Å². The molecule has 0 unspecified atom stereocenters. The molecule has 0 atom stereocenters. The number of hydrogen-bond donors (Lipinski definition) is 0. The summed E-state index contributed by atoms with van der Waals surface area (Å²) in [5.41, 5.74) is -0.663. The van der Waals surface area contributed by atoms with E-state index in [2.05, 4.69) is 0 Å². The minimum Gasteiger partial charge on any atom is -0.461 e. The number of carbonyl (C=O) groups is 2. The van der Waals surface area contributed by atoms with Gasteiger partial charge >= 0.3 is 11.9 Å². The van der Waals surface area contributed by atoms with Gasteiger partial charge in [0, 0.05) is 0 Å². The first-order valence-corrected chi connectivity index (χ1v) is 11.1. The largest absolute Gasteiger partial charge is 0.461 e. The fourth-order valence-corrected chi connectivity index (χ4v) is 4.64. The van der Waals surface area contributed by atoms with Crippen molar-refractivity contribution in [3.63, 3.8) is 0 Å². The maximum atomic E-state index is 13.5. The first-order valence-electron chi connectivity index (χ1n) is 11.1. The fourth-order valence-electron chi connectivity index (χ4n) is 4.64. The predicted octanol–water partition coefficient (Wildman–Crippen LogP) is 5.48. The summed E-state index contributed by atoms with van der Waals surface area (Å²) in [6, 6.07) is 9.38. The van der Waals surface area contributed by atoms with E-state index in [1.165, 1.54) is 12.8 Å². The van der Waals surface area contributed by atoms with E-state index in [0.717, 1.165) is 51.4 Å². The maximum Gasteiger partial charge on any atom is 0.328 e. The van der Waals surface area contributed by atoms with E-state index in [4.69, 9.17) is 9.47 Å². The van der Waals surface area contributed by atoms with Crippen LogP contribution in [0, 0.1) is 0 Å². The van der Waals surface area contributed by atoms with Crippen molar-refractivity contribution in [1.82, 2.24) is 0 Å². The quantitative estimate of drug-likeness (QED) is 0.460. The van der Waals surface area contributed by atoms with Crippen molar-refractivity contribution in [3.05, 3.63) is 35.9 Å². The molecule has 0 N–H and O–H groups in total. The monoisotopic (exact) mass is 386 g/mol. The summed E-state index contributed by atoms with van der Waals surface area (Å²) in [6.07, 6.45) is 11.2. The number of hydrogen-bond acceptors (Lipinski definition) is 4. The van der Waals surface area contributed by atoms with Crippen LogP contribution >= 0.6 is 0 Å². The molecule has 2 aliphatic carbocycles. The number of ether oxygens (including phenoxy) is 2. The summed E-state index contributed by atoms with van der Waals surface area (Å²) in [5.74, 6) is -0.846. The lowest BCUT2D eigenvalue weighted by molar-refractivity contribution is -0.173. The van der Waals surface area contributed by atoms with E-state index in [1.54, 1.807) is 0 Å². The Morgan fingerprint density at radius 2 is 1.29 bits per heavy atom. The fraction of sp³-hybridized carbons (Fsp3) is 0.667.